The van der Waals surface area contributed by atoms with Crippen molar-refractivity contribution in [2.75, 3.05) is 6.67 Å². The van der Waals surface area contributed by atoms with E-state index in [1.54, 1.807) is 0 Å². The van der Waals surface area contributed by atoms with Gasteiger partial charge in [0, 0.05) is 11.6 Å². The summed E-state index contributed by atoms with van der Waals surface area (Å²) in [5, 5.41) is 18.4. The van der Waals surface area contributed by atoms with Gasteiger partial charge in [-0.05, 0) is 24.6 Å². The molecule has 0 fully saturated rings. The zero-order valence-corrected chi connectivity index (χ0v) is 7.07. The summed E-state index contributed by atoms with van der Waals surface area (Å²) in [4.78, 5) is 0. The third-order valence-electron chi connectivity index (χ3n) is 1.83. The molecule has 1 atom stereocenters. The van der Waals surface area contributed by atoms with Crippen LogP contribution in [0.5, 0.6) is 11.5 Å². The molecule has 0 aliphatic rings. The number of alkyl halides is 1. The van der Waals surface area contributed by atoms with E-state index in [0.29, 0.717) is 5.56 Å². The monoisotopic (exact) mass is 185 g/mol. The fourth-order valence-corrected chi connectivity index (χ4v) is 1.11. The Balaban J connectivity index is 2.91. The van der Waals surface area contributed by atoms with Crippen molar-refractivity contribution in [1.29, 1.82) is 0 Å². The molecule has 4 N–H and O–H groups in total. The smallest absolute Gasteiger partial charge is 0.120 e. The Labute approximate surface area is 75.6 Å². The van der Waals surface area contributed by atoms with Crippen molar-refractivity contribution in [3.05, 3.63) is 23.8 Å². The lowest BCUT2D eigenvalue weighted by Gasteiger charge is -2.11. The van der Waals surface area contributed by atoms with Crippen molar-refractivity contribution in [3.63, 3.8) is 0 Å². The predicted octanol–water partition coefficient (Wildman–Crippen LogP) is 1.46. The van der Waals surface area contributed by atoms with Crippen LogP contribution in [0.2, 0.25) is 0 Å². The van der Waals surface area contributed by atoms with Gasteiger partial charge in [-0.2, -0.15) is 0 Å². The van der Waals surface area contributed by atoms with Gasteiger partial charge in [-0.15, -0.1) is 0 Å². The van der Waals surface area contributed by atoms with E-state index in [9.17, 15) is 9.50 Å². The summed E-state index contributed by atoms with van der Waals surface area (Å²) in [7, 11) is 0. The molecule has 0 aliphatic heterocycles. The highest BCUT2D eigenvalue weighted by Gasteiger charge is 2.10. The van der Waals surface area contributed by atoms with Crippen LogP contribution in [-0.4, -0.2) is 16.9 Å². The van der Waals surface area contributed by atoms with Crippen LogP contribution in [0, 0.1) is 0 Å². The van der Waals surface area contributed by atoms with E-state index in [1.807, 2.05) is 0 Å². The van der Waals surface area contributed by atoms with Gasteiger partial charge in [0.1, 0.15) is 11.5 Å². The fourth-order valence-electron chi connectivity index (χ4n) is 1.11. The van der Waals surface area contributed by atoms with E-state index in [2.05, 4.69) is 0 Å². The second-order valence-electron chi connectivity index (χ2n) is 2.83. The SMILES string of the molecule is N[C@H](CCF)c1cc(O)ccc1O. The number of aromatic hydroxyl groups is 2. The third kappa shape index (κ3) is 2.32. The molecular weight excluding hydrogens is 173 g/mol. The Morgan fingerprint density at radius 1 is 1.38 bits per heavy atom. The quantitative estimate of drug-likeness (QED) is 0.624. The number of hydrogen-bond donors (Lipinski definition) is 3. The average Bonchev–Trinajstić information content (AvgIpc) is 2.09. The van der Waals surface area contributed by atoms with E-state index >= 15 is 0 Å². The van der Waals surface area contributed by atoms with Crippen LogP contribution in [-0.2, 0) is 0 Å². The van der Waals surface area contributed by atoms with E-state index < -0.39 is 12.7 Å². The first kappa shape index (κ1) is 9.80. The zero-order chi connectivity index (χ0) is 9.84. The third-order valence-corrected chi connectivity index (χ3v) is 1.83. The topological polar surface area (TPSA) is 66.5 Å². The number of hydrogen-bond acceptors (Lipinski definition) is 3. The minimum atomic E-state index is -0.572. The molecule has 0 bridgehead atoms. The highest BCUT2D eigenvalue weighted by atomic mass is 19.1. The van der Waals surface area contributed by atoms with Crippen molar-refractivity contribution in [2.45, 2.75) is 12.5 Å². The van der Waals surface area contributed by atoms with Crippen LogP contribution < -0.4 is 5.73 Å². The number of benzene rings is 1. The summed E-state index contributed by atoms with van der Waals surface area (Å²) in [5.41, 5.74) is 5.94. The van der Waals surface area contributed by atoms with E-state index in [-0.39, 0.29) is 17.9 Å². The molecule has 1 rings (SSSR count). The second kappa shape index (κ2) is 4.09. The van der Waals surface area contributed by atoms with E-state index in [4.69, 9.17) is 10.8 Å². The molecule has 0 radical (unpaired) electrons. The Morgan fingerprint density at radius 3 is 2.69 bits per heavy atom. The van der Waals surface area contributed by atoms with Crippen molar-refractivity contribution in [1.82, 2.24) is 0 Å². The molecule has 1 aromatic rings. The van der Waals surface area contributed by atoms with E-state index in [1.165, 1.54) is 18.2 Å². The summed E-state index contributed by atoms with van der Waals surface area (Å²) in [6.45, 7) is -0.545. The standard InChI is InChI=1S/C9H12FNO2/c10-4-3-8(11)7-5-6(12)1-2-9(7)13/h1-2,5,8,12-13H,3-4,11H2/t8-/m1/s1. The van der Waals surface area contributed by atoms with Crippen LogP contribution in [0.15, 0.2) is 18.2 Å². The van der Waals surface area contributed by atoms with Gasteiger partial charge in [0.15, 0.2) is 0 Å². The molecule has 4 heteroatoms. The maximum atomic E-state index is 11.9. The first-order valence-electron chi connectivity index (χ1n) is 3.98. The number of halogens is 1. The summed E-state index contributed by atoms with van der Waals surface area (Å²) in [6, 6.07) is 3.46. The van der Waals surface area contributed by atoms with Gasteiger partial charge < -0.3 is 15.9 Å². The Bertz CT molecular complexity index is 291. The van der Waals surface area contributed by atoms with Crippen LogP contribution in [0.3, 0.4) is 0 Å². The number of phenols is 2. The van der Waals surface area contributed by atoms with Gasteiger partial charge in [-0.3, -0.25) is 4.39 Å². The highest BCUT2D eigenvalue weighted by Crippen LogP contribution is 2.28. The summed E-state index contributed by atoms with van der Waals surface area (Å²) < 4.78 is 11.9. The van der Waals surface area contributed by atoms with Gasteiger partial charge in [-0.1, -0.05) is 0 Å². The molecule has 0 spiro atoms. The molecule has 72 valence electrons. The predicted molar refractivity (Wildman–Crippen MR) is 47.3 cm³/mol. The molecule has 0 aromatic heterocycles. The Kier molecular flexibility index (Phi) is 3.08. The molecule has 1 aromatic carbocycles. The molecule has 0 saturated heterocycles. The van der Waals surface area contributed by atoms with Crippen LogP contribution >= 0.6 is 0 Å². The normalized spacial score (nSPS) is 12.8. The van der Waals surface area contributed by atoms with E-state index in [0.717, 1.165) is 0 Å². The molecule has 0 saturated carbocycles. The maximum absolute atomic E-state index is 11.9. The summed E-state index contributed by atoms with van der Waals surface area (Å²) in [5.74, 6) is 0.000795. The van der Waals surface area contributed by atoms with Crippen molar-refractivity contribution in [3.8, 4) is 11.5 Å². The van der Waals surface area contributed by atoms with Crippen LogP contribution in [0.4, 0.5) is 4.39 Å². The van der Waals surface area contributed by atoms with Crippen LogP contribution in [0.1, 0.15) is 18.0 Å². The molecule has 0 amide bonds. The lowest BCUT2D eigenvalue weighted by molar-refractivity contribution is 0.419. The first-order chi connectivity index (χ1) is 6.15. The summed E-state index contributed by atoms with van der Waals surface area (Å²) in [6.07, 6.45) is 0.136. The minimum Gasteiger partial charge on any atom is -0.508 e. The minimum absolute atomic E-state index is 0.0150. The number of rotatable bonds is 3. The molecule has 0 heterocycles. The lowest BCUT2D eigenvalue weighted by Crippen LogP contribution is -2.10. The Morgan fingerprint density at radius 2 is 2.08 bits per heavy atom. The lowest BCUT2D eigenvalue weighted by atomic mass is 10.0. The molecule has 0 aliphatic carbocycles. The zero-order valence-electron chi connectivity index (χ0n) is 7.07. The second-order valence-corrected chi connectivity index (χ2v) is 2.83. The van der Waals surface area contributed by atoms with Gasteiger partial charge in [-0.25, -0.2) is 0 Å². The maximum Gasteiger partial charge on any atom is 0.120 e. The first-order valence-corrected chi connectivity index (χ1v) is 3.98. The molecular formula is C9H12FNO2. The van der Waals surface area contributed by atoms with Gasteiger partial charge in [0.2, 0.25) is 0 Å². The number of phenolic OH excluding ortho intramolecular Hbond substituents is 2. The average molecular weight is 185 g/mol. The molecule has 0 unspecified atom stereocenters. The number of nitrogens with two attached hydrogens (primary N) is 1. The van der Waals surface area contributed by atoms with Crippen molar-refractivity contribution in [2.24, 2.45) is 5.73 Å². The molecule has 3 nitrogen and oxygen atoms in total. The highest BCUT2D eigenvalue weighted by molar-refractivity contribution is 5.40. The van der Waals surface area contributed by atoms with Crippen molar-refractivity contribution >= 4 is 0 Å². The van der Waals surface area contributed by atoms with Gasteiger partial charge >= 0.3 is 0 Å². The molecule has 13 heavy (non-hydrogen) atoms. The fraction of sp³-hybridized carbons (Fsp3) is 0.333. The Hall–Kier alpha value is -1.29. The van der Waals surface area contributed by atoms with Crippen LogP contribution in [0.25, 0.3) is 0 Å². The summed E-state index contributed by atoms with van der Waals surface area (Å²) >= 11 is 0. The largest absolute Gasteiger partial charge is 0.508 e. The van der Waals surface area contributed by atoms with Crippen molar-refractivity contribution < 1.29 is 14.6 Å². The van der Waals surface area contributed by atoms with Gasteiger partial charge in [0.05, 0.1) is 6.67 Å². The van der Waals surface area contributed by atoms with Gasteiger partial charge in [0.25, 0.3) is 0 Å².